The Bertz CT molecular complexity index is 329. The van der Waals surface area contributed by atoms with Gasteiger partial charge in [0.05, 0.1) is 0 Å². The fourth-order valence-electron chi connectivity index (χ4n) is 1.85. The Hall–Kier alpha value is -1.15. The van der Waals surface area contributed by atoms with Gasteiger partial charge in [-0.15, -0.1) is 0 Å². The molecule has 0 aliphatic heterocycles. The van der Waals surface area contributed by atoms with Gasteiger partial charge in [0.1, 0.15) is 5.78 Å². The average molecular weight is 233 g/mol. The molecule has 0 atom stereocenters. The van der Waals surface area contributed by atoms with Gasteiger partial charge in [-0.3, -0.25) is 4.79 Å². The van der Waals surface area contributed by atoms with Crippen molar-refractivity contribution in [1.29, 1.82) is 0 Å². The Morgan fingerprint density at radius 2 is 1.71 bits per heavy atom. The van der Waals surface area contributed by atoms with Crippen molar-refractivity contribution in [3.63, 3.8) is 0 Å². The summed E-state index contributed by atoms with van der Waals surface area (Å²) in [4.78, 5) is 11.7. The second kappa shape index (κ2) is 8.02. The van der Waals surface area contributed by atoms with Crippen LogP contribution in [-0.4, -0.2) is 12.3 Å². The standard InChI is InChI=1S/C15H23NO/c1-2-13-7-9-14(10-8-13)12-15(17)6-4-3-5-11-16/h7-10H,2-6,11-12,16H2,1H3. The highest BCUT2D eigenvalue weighted by Crippen LogP contribution is 2.08. The summed E-state index contributed by atoms with van der Waals surface area (Å²) in [5.74, 6) is 0.339. The minimum absolute atomic E-state index is 0.339. The zero-order chi connectivity index (χ0) is 12.5. The summed E-state index contributed by atoms with van der Waals surface area (Å²) in [6.07, 6.45) is 5.38. The van der Waals surface area contributed by atoms with E-state index in [1.165, 1.54) is 5.56 Å². The summed E-state index contributed by atoms with van der Waals surface area (Å²) in [5.41, 5.74) is 7.87. The Labute approximate surface area is 104 Å². The number of carbonyl (C=O) groups excluding carboxylic acids is 1. The van der Waals surface area contributed by atoms with Crippen molar-refractivity contribution < 1.29 is 4.79 Å². The third kappa shape index (κ3) is 5.64. The fourth-order valence-corrected chi connectivity index (χ4v) is 1.85. The molecule has 1 aromatic carbocycles. The molecular weight excluding hydrogens is 210 g/mol. The van der Waals surface area contributed by atoms with E-state index in [0.717, 1.165) is 37.8 Å². The Balaban J connectivity index is 2.29. The molecule has 0 unspecified atom stereocenters. The number of rotatable bonds is 8. The molecular formula is C15H23NO. The van der Waals surface area contributed by atoms with Gasteiger partial charge in [-0.05, 0) is 36.9 Å². The van der Waals surface area contributed by atoms with Crippen LogP contribution in [0.1, 0.15) is 43.7 Å². The minimum atomic E-state index is 0.339. The van der Waals surface area contributed by atoms with E-state index in [9.17, 15) is 4.79 Å². The van der Waals surface area contributed by atoms with Crippen LogP contribution >= 0.6 is 0 Å². The van der Waals surface area contributed by atoms with Crippen LogP contribution in [0.5, 0.6) is 0 Å². The molecule has 0 bridgehead atoms. The number of hydrogen-bond donors (Lipinski definition) is 1. The Morgan fingerprint density at radius 3 is 2.29 bits per heavy atom. The van der Waals surface area contributed by atoms with Crippen LogP contribution in [0.4, 0.5) is 0 Å². The fraction of sp³-hybridized carbons (Fsp3) is 0.533. The average Bonchev–Trinajstić information content (AvgIpc) is 2.36. The molecule has 94 valence electrons. The van der Waals surface area contributed by atoms with Gasteiger partial charge in [-0.25, -0.2) is 0 Å². The van der Waals surface area contributed by atoms with Crippen molar-refractivity contribution in [3.05, 3.63) is 35.4 Å². The van der Waals surface area contributed by atoms with Gasteiger partial charge in [-0.2, -0.15) is 0 Å². The quantitative estimate of drug-likeness (QED) is 0.702. The van der Waals surface area contributed by atoms with Gasteiger partial charge < -0.3 is 5.73 Å². The van der Waals surface area contributed by atoms with Gasteiger partial charge in [0.2, 0.25) is 0 Å². The molecule has 0 amide bonds. The molecule has 2 N–H and O–H groups in total. The van der Waals surface area contributed by atoms with E-state index in [0.29, 0.717) is 18.6 Å². The van der Waals surface area contributed by atoms with E-state index in [4.69, 9.17) is 5.73 Å². The third-order valence-corrected chi connectivity index (χ3v) is 2.99. The number of aryl methyl sites for hydroxylation is 1. The smallest absolute Gasteiger partial charge is 0.137 e. The van der Waals surface area contributed by atoms with Crippen molar-refractivity contribution in [2.24, 2.45) is 5.73 Å². The summed E-state index contributed by atoms with van der Waals surface area (Å²) in [7, 11) is 0. The molecule has 0 aromatic heterocycles. The first kappa shape index (κ1) is 13.9. The molecule has 17 heavy (non-hydrogen) atoms. The van der Waals surface area contributed by atoms with Gasteiger partial charge in [0.15, 0.2) is 0 Å². The maximum Gasteiger partial charge on any atom is 0.137 e. The van der Waals surface area contributed by atoms with Gasteiger partial charge >= 0.3 is 0 Å². The third-order valence-electron chi connectivity index (χ3n) is 2.99. The highest BCUT2D eigenvalue weighted by molar-refractivity contribution is 5.80. The molecule has 2 nitrogen and oxygen atoms in total. The number of ketones is 1. The van der Waals surface area contributed by atoms with Gasteiger partial charge in [-0.1, -0.05) is 37.6 Å². The second-order valence-corrected chi connectivity index (χ2v) is 4.48. The predicted octanol–water partition coefficient (Wildman–Crippen LogP) is 2.88. The topological polar surface area (TPSA) is 43.1 Å². The van der Waals surface area contributed by atoms with Crippen molar-refractivity contribution >= 4 is 5.78 Å². The number of benzene rings is 1. The lowest BCUT2D eigenvalue weighted by molar-refractivity contribution is -0.118. The van der Waals surface area contributed by atoms with Crippen LogP contribution in [0.3, 0.4) is 0 Å². The first-order valence-corrected chi connectivity index (χ1v) is 6.56. The van der Waals surface area contributed by atoms with Crippen molar-refractivity contribution in [1.82, 2.24) is 0 Å². The van der Waals surface area contributed by atoms with E-state index < -0.39 is 0 Å². The summed E-state index contributed by atoms with van der Waals surface area (Å²) in [6.45, 7) is 2.87. The lowest BCUT2D eigenvalue weighted by Crippen LogP contribution is -2.03. The monoisotopic (exact) mass is 233 g/mol. The Morgan fingerprint density at radius 1 is 1.06 bits per heavy atom. The molecule has 1 aromatic rings. The van der Waals surface area contributed by atoms with Crippen LogP contribution in [0.15, 0.2) is 24.3 Å². The summed E-state index contributed by atoms with van der Waals surface area (Å²) in [6, 6.07) is 8.35. The molecule has 0 fully saturated rings. The van der Waals surface area contributed by atoms with Gasteiger partial charge in [0, 0.05) is 12.8 Å². The van der Waals surface area contributed by atoms with Gasteiger partial charge in [0.25, 0.3) is 0 Å². The Kier molecular flexibility index (Phi) is 6.56. The van der Waals surface area contributed by atoms with Crippen molar-refractivity contribution in [2.75, 3.05) is 6.54 Å². The number of unbranched alkanes of at least 4 members (excludes halogenated alkanes) is 2. The van der Waals surface area contributed by atoms with Crippen LogP contribution in [-0.2, 0) is 17.6 Å². The largest absolute Gasteiger partial charge is 0.330 e. The second-order valence-electron chi connectivity index (χ2n) is 4.48. The van der Waals surface area contributed by atoms with E-state index in [2.05, 4.69) is 31.2 Å². The maximum atomic E-state index is 11.7. The maximum absolute atomic E-state index is 11.7. The highest BCUT2D eigenvalue weighted by atomic mass is 16.1. The number of Topliss-reactive ketones (excluding diaryl/α,β-unsaturated/α-hetero) is 1. The number of nitrogens with two attached hydrogens (primary N) is 1. The summed E-state index contributed by atoms with van der Waals surface area (Å²) >= 11 is 0. The van der Waals surface area contributed by atoms with Crippen LogP contribution in [0.25, 0.3) is 0 Å². The highest BCUT2D eigenvalue weighted by Gasteiger charge is 2.03. The van der Waals surface area contributed by atoms with Crippen LogP contribution < -0.4 is 5.73 Å². The molecule has 0 radical (unpaired) electrons. The molecule has 0 spiro atoms. The zero-order valence-corrected chi connectivity index (χ0v) is 10.7. The molecule has 0 saturated heterocycles. The van der Waals surface area contributed by atoms with E-state index in [-0.39, 0.29) is 0 Å². The molecule has 1 rings (SSSR count). The summed E-state index contributed by atoms with van der Waals surface area (Å²) < 4.78 is 0. The van der Waals surface area contributed by atoms with Crippen molar-refractivity contribution in [3.8, 4) is 0 Å². The molecule has 2 heteroatoms. The predicted molar refractivity (Wildman–Crippen MR) is 72.1 cm³/mol. The molecule has 0 heterocycles. The van der Waals surface area contributed by atoms with E-state index >= 15 is 0 Å². The first-order chi connectivity index (χ1) is 8.26. The summed E-state index contributed by atoms with van der Waals surface area (Å²) in [5, 5.41) is 0. The first-order valence-electron chi connectivity index (χ1n) is 6.56. The van der Waals surface area contributed by atoms with E-state index in [1.807, 2.05) is 0 Å². The van der Waals surface area contributed by atoms with E-state index in [1.54, 1.807) is 0 Å². The zero-order valence-electron chi connectivity index (χ0n) is 10.7. The minimum Gasteiger partial charge on any atom is -0.330 e. The normalized spacial score (nSPS) is 10.5. The molecule has 0 aliphatic carbocycles. The lowest BCUT2D eigenvalue weighted by Gasteiger charge is -2.03. The SMILES string of the molecule is CCc1ccc(CC(=O)CCCCCN)cc1. The molecule has 0 saturated carbocycles. The lowest BCUT2D eigenvalue weighted by atomic mass is 10.0. The molecule has 0 aliphatic rings. The van der Waals surface area contributed by atoms with Crippen LogP contribution in [0.2, 0.25) is 0 Å². The van der Waals surface area contributed by atoms with Crippen LogP contribution in [0, 0.1) is 0 Å². The number of carbonyl (C=O) groups is 1. The number of hydrogen-bond acceptors (Lipinski definition) is 2. The van der Waals surface area contributed by atoms with Crippen molar-refractivity contribution in [2.45, 2.75) is 45.4 Å².